The molecular formula is C46H56O8. The van der Waals surface area contributed by atoms with E-state index >= 15 is 0 Å². The number of carbonyl (C=O) groups excluding carboxylic acids is 4. The van der Waals surface area contributed by atoms with Crippen molar-refractivity contribution in [1.29, 1.82) is 0 Å². The molecule has 54 heavy (non-hydrogen) atoms. The van der Waals surface area contributed by atoms with Crippen molar-refractivity contribution in [2.45, 2.75) is 101 Å². The molecule has 0 radical (unpaired) electrons. The van der Waals surface area contributed by atoms with Crippen LogP contribution in [0.2, 0.25) is 0 Å². The molecule has 0 saturated heterocycles. The molecule has 2 atom stereocenters. The fraction of sp³-hybridized carbons (Fsp3) is 0.370. The molecule has 2 rings (SSSR count). The maximum absolute atomic E-state index is 13.1. The zero-order chi connectivity index (χ0) is 40.8. The number of hydrogen-bond donors (Lipinski definition) is 2. The SMILES string of the molecule is CC1=C(/C=C/C(C)=C/C=C/C(C)=C/C=C/C=C(C)/C=C/C=C(C)/C=C/C2=C(C)C(=O)C(OC(=O)/C=C(/CC=O)C(=O)O)CC2(C)C)C(C)(C)CC(O)C1=O. The largest absolute Gasteiger partial charge is 0.478 e. The van der Waals surface area contributed by atoms with Crippen molar-refractivity contribution in [2.75, 3.05) is 0 Å². The topological polar surface area (TPSA) is 135 Å². The summed E-state index contributed by atoms with van der Waals surface area (Å²) in [5.74, 6) is -2.91. The molecule has 288 valence electrons. The molecule has 2 aliphatic carbocycles. The van der Waals surface area contributed by atoms with E-state index in [1.807, 2.05) is 140 Å². The minimum Gasteiger partial charge on any atom is -0.478 e. The summed E-state index contributed by atoms with van der Waals surface area (Å²) >= 11 is 0. The number of Topliss-reactive ketones (excluding diaryl/α,β-unsaturated/α-hetero) is 2. The Balaban J connectivity index is 2.00. The van der Waals surface area contributed by atoms with Crippen molar-refractivity contribution < 1.29 is 38.9 Å². The molecule has 8 heteroatoms. The van der Waals surface area contributed by atoms with E-state index < -0.39 is 41.6 Å². The van der Waals surface area contributed by atoms with Crippen LogP contribution in [0, 0.1) is 10.8 Å². The van der Waals surface area contributed by atoms with Gasteiger partial charge in [0, 0.05) is 18.9 Å². The van der Waals surface area contributed by atoms with E-state index in [2.05, 4.69) is 0 Å². The number of carboxylic acids is 1. The third kappa shape index (κ3) is 13.6. The predicted octanol–water partition coefficient (Wildman–Crippen LogP) is 9.06. The maximum atomic E-state index is 13.1. The molecule has 2 unspecified atom stereocenters. The summed E-state index contributed by atoms with van der Waals surface area (Å²) in [6, 6.07) is 0. The van der Waals surface area contributed by atoms with Crippen molar-refractivity contribution in [1.82, 2.24) is 0 Å². The molecule has 0 aromatic heterocycles. The van der Waals surface area contributed by atoms with Crippen LogP contribution in [0.15, 0.2) is 141 Å². The number of carbonyl (C=O) groups is 5. The van der Waals surface area contributed by atoms with E-state index in [9.17, 15) is 29.1 Å². The first kappa shape index (κ1) is 44.9. The normalized spacial score (nSPS) is 22.2. The van der Waals surface area contributed by atoms with Gasteiger partial charge in [-0.2, -0.15) is 0 Å². The minimum absolute atomic E-state index is 0.194. The highest BCUT2D eigenvalue weighted by Crippen LogP contribution is 2.41. The molecule has 8 nitrogen and oxygen atoms in total. The molecule has 0 heterocycles. The summed E-state index contributed by atoms with van der Waals surface area (Å²) in [5, 5.41) is 19.2. The van der Waals surface area contributed by atoms with Gasteiger partial charge in [0.1, 0.15) is 12.4 Å². The molecule has 0 spiro atoms. The number of aldehydes is 1. The lowest BCUT2D eigenvalue weighted by Gasteiger charge is -2.36. The Labute approximate surface area is 320 Å². The van der Waals surface area contributed by atoms with Gasteiger partial charge in [-0.3, -0.25) is 9.59 Å². The van der Waals surface area contributed by atoms with Crippen molar-refractivity contribution >= 4 is 29.8 Å². The summed E-state index contributed by atoms with van der Waals surface area (Å²) in [4.78, 5) is 59.7. The van der Waals surface area contributed by atoms with Gasteiger partial charge in [-0.1, -0.05) is 135 Å². The number of ketones is 2. The summed E-state index contributed by atoms with van der Waals surface area (Å²) < 4.78 is 5.33. The van der Waals surface area contributed by atoms with E-state index in [4.69, 9.17) is 9.84 Å². The van der Waals surface area contributed by atoms with Gasteiger partial charge in [0.15, 0.2) is 17.7 Å². The second kappa shape index (κ2) is 20.3. The average molecular weight is 737 g/mol. The van der Waals surface area contributed by atoms with Crippen molar-refractivity contribution in [3.63, 3.8) is 0 Å². The molecular weight excluding hydrogens is 680 g/mol. The van der Waals surface area contributed by atoms with E-state index in [1.165, 1.54) is 0 Å². The quantitative estimate of drug-likeness (QED) is 0.0736. The summed E-state index contributed by atoms with van der Waals surface area (Å²) in [6.45, 7) is 19.5. The van der Waals surface area contributed by atoms with Crippen LogP contribution in [0.5, 0.6) is 0 Å². The van der Waals surface area contributed by atoms with Crippen molar-refractivity contribution in [2.24, 2.45) is 10.8 Å². The van der Waals surface area contributed by atoms with Crippen LogP contribution in [-0.4, -0.2) is 52.2 Å². The monoisotopic (exact) mass is 736 g/mol. The van der Waals surface area contributed by atoms with Crippen LogP contribution >= 0.6 is 0 Å². The number of rotatable bonds is 15. The Morgan fingerprint density at radius 2 is 1.13 bits per heavy atom. The third-order valence-corrected chi connectivity index (χ3v) is 9.42. The maximum Gasteiger partial charge on any atom is 0.332 e. The molecule has 2 aliphatic rings. The van der Waals surface area contributed by atoms with Crippen LogP contribution in [-0.2, 0) is 28.7 Å². The molecule has 0 saturated carbocycles. The third-order valence-electron chi connectivity index (χ3n) is 9.42. The number of ether oxygens (including phenoxy) is 1. The summed E-state index contributed by atoms with van der Waals surface area (Å²) in [5.41, 5.74) is 5.87. The van der Waals surface area contributed by atoms with E-state index in [0.29, 0.717) is 23.9 Å². The number of aliphatic hydroxyl groups is 1. The summed E-state index contributed by atoms with van der Waals surface area (Å²) in [6.07, 6.45) is 27.2. The molecule has 0 bridgehead atoms. The number of aliphatic carboxylic acids is 1. The number of hydrogen-bond acceptors (Lipinski definition) is 7. The van der Waals surface area contributed by atoms with E-state index in [1.54, 1.807) is 13.8 Å². The first-order chi connectivity index (χ1) is 25.2. The lowest BCUT2D eigenvalue weighted by molar-refractivity contribution is -0.151. The summed E-state index contributed by atoms with van der Waals surface area (Å²) in [7, 11) is 0. The van der Waals surface area contributed by atoms with Gasteiger partial charge < -0.3 is 19.7 Å². The lowest BCUT2D eigenvalue weighted by atomic mass is 9.71. The molecule has 0 fully saturated rings. The lowest BCUT2D eigenvalue weighted by Crippen LogP contribution is -2.38. The Kier molecular flexibility index (Phi) is 16.9. The smallest absolute Gasteiger partial charge is 0.332 e. The second-order valence-corrected chi connectivity index (χ2v) is 15.2. The first-order valence-electron chi connectivity index (χ1n) is 18.1. The molecule has 0 aromatic rings. The number of allylic oxidation sites excluding steroid dienone is 20. The number of esters is 1. The molecule has 0 aliphatic heterocycles. The van der Waals surface area contributed by atoms with Gasteiger partial charge in [-0.15, -0.1) is 0 Å². The van der Waals surface area contributed by atoms with Crippen LogP contribution in [0.25, 0.3) is 0 Å². The fourth-order valence-electron chi connectivity index (χ4n) is 6.30. The Hall–Kier alpha value is -5.21. The van der Waals surface area contributed by atoms with Crippen LogP contribution < -0.4 is 0 Å². The van der Waals surface area contributed by atoms with Crippen molar-refractivity contribution in [3.8, 4) is 0 Å². The zero-order valence-corrected chi connectivity index (χ0v) is 33.4. The number of aliphatic hydroxyl groups excluding tert-OH is 1. The van der Waals surface area contributed by atoms with Gasteiger partial charge in [0.25, 0.3) is 0 Å². The fourth-order valence-corrected chi connectivity index (χ4v) is 6.30. The Morgan fingerprint density at radius 1 is 0.704 bits per heavy atom. The highest BCUT2D eigenvalue weighted by atomic mass is 16.5. The molecule has 0 aromatic carbocycles. The van der Waals surface area contributed by atoms with Gasteiger partial charge in [-0.25, -0.2) is 9.59 Å². The van der Waals surface area contributed by atoms with Crippen LogP contribution in [0.3, 0.4) is 0 Å². The minimum atomic E-state index is -1.40. The van der Waals surface area contributed by atoms with E-state index in [0.717, 1.165) is 39.5 Å². The van der Waals surface area contributed by atoms with E-state index in [-0.39, 0.29) is 23.4 Å². The van der Waals surface area contributed by atoms with Crippen LogP contribution in [0.1, 0.15) is 88.5 Å². The average Bonchev–Trinajstić information content (AvgIpc) is 3.07. The van der Waals surface area contributed by atoms with Gasteiger partial charge >= 0.3 is 11.9 Å². The highest BCUT2D eigenvalue weighted by Gasteiger charge is 2.40. The second-order valence-electron chi connectivity index (χ2n) is 15.2. The van der Waals surface area contributed by atoms with Gasteiger partial charge in [0.05, 0.1) is 5.57 Å². The van der Waals surface area contributed by atoms with Gasteiger partial charge in [0.2, 0.25) is 0 Å². The standard InChI is InChI=1S/C46H56O8/c1-30(17-13-19-32(3)21-23-37-34(5)42(50)39(48)28-45(37,7)8)15-11-12-16-31(2)18-14-20-33(4)22-24-38-35(6)43(51)40(29-46(38,9)10)54-41(49)27-36(25-26-47)44(52)53/h11-24,26-27,39-40,48H,25,28-29H2,1-10H3,(H,52,53)/b12-11+,17-13+,18-14+,23-21+,24-22+,30-15+,31-16+,32-19+,33-20+,36-27-. The first-order valence-corrected chi connectivity index (χ1v) is 18.1. The predicted molar refractivity (Wildman–Crippen MR) is 215 cm³/mol. The Morgan fingerprint density at radius 3 is 1.59 bits per heavy atom. The van der Waals surface area contributed by atoms with Crippen LogP contribution in [0.4, 0.5) is 0 Å². The Bertz CT molecular complexity index is 1870. The molecule has 0 amide bonds. The van der Waals surface area contributed by atoms with Crippen molar-refractivity contribution in [3.05, 3.63) is 141 Å². The number of carboxylic acid groups (broad SMARTS) is 1. The van der Waals surface area contributed by atoms with Gasteiger partial charge in [-0.05, 0) is 81.1 Å². The molecule has 2 N–H and O–H groups in total. The highest BCUT2D eigenvalue weighted by molar-refractivity contribution is 6.03. The zero-order valence-electron chi connectivity index (χ0n) is 33.4.